The highest BCUT2D eigenvalue weighted by molar-refractivity contribution is 5.75. The molecule has 0 bridgehead atoms. The molecule has 0 atom stereocenters. The topological polar surface area (TPSA) is 86.1 Å². The van der Waals surface area contributed by atoms with Gasteiger partial charge in [0.25, 0.3) is 5.56 Å². The fourth-order valence-corrected chi connectivity index (χ4v) is 2.45. The summed E-state index contributed by atoms with van der Waals surface area (Å²) in [7, 11) is 1.56. The van der Waals surface area contributed by atoms with Gasteiger partial charge in [-0.2, -0.15) is 0 Å². The van der Waals surface area contributed by atoms with Crippen molar-refractivity contribution in [2.75, 3.05) is 7.11 Å². The first-order chi connectivity index (χ1) is 12.7. The van der Waals surface area contributed by atoms with Crippen molar-refractivity contribution < 1.29 is 9.53 Å². The van der Waals surface area contributed by atoms with Crippen molar-refractivity contribution in [3.63, 3.8) is 0 Å². The smallest absolute Gasteiger partial charge is 0.254 e. The Bertz CT molecular complexity index is 954. The van der Waals surface area contributed by atoms with Gasteiger partial charge in [-0.05, 0) is 24.3 Å². The molecule has 7 nitrogen and oxygen atoms in total. The molecule has 1 N–H and O–H groups in total. The molecule has 0 saturated heterocycles. The van der Waals surface area contributed by atoms with E-state index in [1.165, 1.54) is 17.0 Å². The minimum absolute atomic E-state index is 0.106. The molecule has 26 heavy (non-hydrogen) atoms. The Morgan fingerprint density at radius 2 is 1.96 bits per heavy atom. The second-order valence-electron chi connectivity index (χ2n) is 5.54. The van der Waals surface area contributed by atoms with Crippen LogP contribution in [-0.2, 0) is 17.9 Å². The third-order valence-corrected chi connectivity index (χ3v) is 3.77. The van der Waals surface area contributed by atoms with E-state index in [0.717, 1.165) is 11.3 Å². The SMILES string of the molecule is COc1ccccc1-c1cc(=O)n(CC(=O)NCc2ccccn2)cn1. The molecule has 3 rings (SSSR count). The highest BCUT2D eigenvalue weighted by Crippen LogP contribution is 2.26. The molecule has 0 spiro atoms. The molecule has 2 heterocycles. The minimum Gasteiger partial charge on any atom is -0.496 e. The minimum atomic E-state index is -0.311. The average Bonchev–Trinajstić information content (AvgIpc) is 2.68. The first-order valence-corrected chi connectivity index (χ1v) is 8.04. The van der Waals surface area contributed by atoms with E-state index in [1.54, 1.807) is 25.4 Å². The van der Waals surface area contributed by atoms with Crippen LogP contribution in [0, 0.1) is 0 Å². The predicted octanol–water partition coefficient (Wildman–Crippen LogP) is 1.63. The van der Waals surface area contributed by atoms with Gasteiger partial charge < -0.3 is 10.1 Å². The number of methoxy groups -OCH3 is 1. The number of carbonyl (C=O) groups is 1. The number of ether oxygens (including phenoxy) is 1. The largest absolute Gasteiger partial charge is 0.496 e. The summed E-state index contributed by atoms with van der Waals surface area (Å²) in [6, 6.07) is 14.2. The van der Waals surface area contributed by atoms with Crippen molar-refractivity contribution in [3.8, 4) is 17.0 Å². The summed E-state index contributed by atoms with van der Waals surface area (Å²) in [5.41, 5.74) is 1.66. The van der Waals surface area contributed by atoms with Gasteiger partial charge in [0.15, 0.2) is 0 Å². The highest BCUT2D eigenvalue weighted by atomic mass is 16.5. The van der Waals surface area contributed by atoms with E-state index in [4.69, 9.17) is 4.74 Å². The molecule has 2 aromatic heterocycles. The number of nitrogens with one attached hydrogen (secondary N) is 1. The molecule has 0 aliphatic rings. The number of benzene rings is 1. The molecule has 1 aromatic carbocycles. The quantitative estimate of drug-likeness (QED) is 0.730. The van der Waals surface area contributed by atoms with E-state index < -0.39 is 0 Å². The lowest BCUT2D eigenvalue weighted by atomic mass is 10.1. The van der Waals surface area contributed by atoms with Gasteiger partial charge in [-0.25, -0.2) is 4.98 Å². The van der Waals surface area contributed by atoms with E-state index in [1.807, 2.05) is 30.3 Å². The molecule has 0 aliphatic carbocycles. The Hall–Kier alpha value is -3.48. The van der Waals surface area contributed by atoms with Crippen molar-refractivity contribution >= 4 is 5.91 Å². The zero-order chi connectivity index (χ0) is 18.4. The number of pyridine rings is 1. The number of nitrogens with zero attached hydrogens (tertiary/aromatic N) is 3. The van der Waals surface area contributed by atoms with Crippen molar-refractivity contribution in [3.05, 3.63) is 77.1 Å². The summed E-state index contributed by atoms with van der Waals surface area (Å²) < 4.78 is 6.55. The standard InChI is InChI=1S/C19H18N4O3/c1-26-17-8-3-2-7-15(17)16-10-19(25)23(13-22-16)12-18(24)21-11-14-6-4-5-9-20-14/h2-10,13H,11-12H2,1H3,(H,21,24). The zero-order valence-electron chi connectivity index (χ0n) is 14.3. The normalized spacial score (nSPS) is 10.3. The van der Waals surface area contributed by atoms with Crippen molar-refractivity contribution in [1.29, 1.82) is 0 Å². The molecule has 0 aliphatic heterocycles. The maximum Gasteiger partial charge on any atom is 0.254 e. The second-order valence-corrected chi connectivity index (χ2v) is 5.54. The molecule has 0 saturated carbocycles. The Balaban J connectivity index is 1.70. The number of rotatable bonds is 6. The fourth-order valence-electron chi connectivity index (χ4n) is 2.45. The summed E-state index contributed by atoms with van der Waals surface area (Å²) in [6.07, 6.45) is 3.02. The Labute approximate surface area is 150 Å². The molecular weight excluding hydrogens is 332 g/mol. The second kappa shape index (κ2) is 8.06. The monoisotopic (exact) mass is 350 g/mol. The summed E-state index contributed by atoms with van der Waals surface area (Å²) in [5, 5.41) is 2.73. The first-order valence-electron chi connectivity index (χ1n) is 8.04. The van der Waals surface area contributed by atoms with E-state index in [0.29, 0.717) is 18.0 Å². The molecule has 7 heteroatoms. The van der Waals surface area contributed by atoms with Gasteiger partial charge in [-0.15, -0.1) is 0 Å². The van der Waals surface area contributed by atoms with Crippen LogP contribution in [0.25, 0.3) is 11.3 Å². The number of carbonyl (C=O) groups excluding carboxylic acids is 1. The van der Waals surface area contributed by atoms with E-state index in [9.17, 15) is 9.59 Å². The van der Waals surface area contributed by atoms with Gasteiger partial charge in [0.2, 0.25) is 5.91 Å². The maximum atomic E-state index is 12.3. The van der Waals surface area contributed by atoms with Crippen LogP contribution >= 0.6 is 0 Å². The van der Waals surface area contributed by atoms with Crippen LogP contribution in [0.4, 0.5) is 0 Å². The summed E-state index contributed by atoms with van der Waals surface area (Å²) >= 11 is 0. The fraction of sp³-hybridized carbons (Fsp3) is 0.158. The van der Waals surface area contributed by atoms with Crippen LogP contribution in [0.2, 0.25) is 0 Å². The van der Waals surface area contributed by atoms with Crippen LogP contribution in [0.15, 0.2) is 65.8 Å². The third-order valence-electron chi connectivity index (χ3n) is 3.77. The number of aromatic nitrogens is 3. The lowest BCUT2D eigenvalue weighted by Gasteiger charge is -2.09. The summed E-state index contributed by atoms with van der Waals surface area (Å²) in [4.78, 5) is 32.8. The Morgan fingerprint density at radius 1 is 1.15 bits per heavy atom. The molecule has 132 valence electrons. The first kappa shape index (κ1) is 17.3. The van der Waals surface area contributed by atoms with Gasteiger partial charge in [0.1, 0.15) is 12.3 Å². The Morgan fingerprint density at radius 3 is 2.69 bits per heavy atom. The van der Waals surface area contributed by atoms with Crippen LogP contribution in [-0.4, -0.2) is 27.6 Å². The number of para-hydroxylation sites is 1. The summed E-state index contributed by atoms with van der Waals surface area (Å²) in [5.74, 6) is 0.342. The van der Waals surface area contributed by atoms with Crippen LogP contribution in [0.3, 0.4) is 0 Å². The van der Waals surface area contributed by atoms with E-state index in [2.05, 4.69) is 15.3 Å². The molecular formula is C19H18N4O3. The molecule has 1 amide bonds. The molecule has 3 aromatic rings. The van der Waals surface area contributed by atoms with Gasteiger partial charge in [-0.1, -0.05) is 18.2 Å². The predicted molar refractivity (Wildman–Crippen MR) is 96.6 cm³/mol. The number of hydrogen-bond donors (Lipinski definition) is 1. The van der Waals surface area contributed by atoms with Crippen LogP contribution in [0.1, 0.15) is 5.69 Å². The van der Waals surface area contributed by atoms with Crippen molar-refractivity contribution in [2.45, 2.75) is 13.1 Å². The van der Waals surface area contributed by atoms with Gasteiger partial charge >= 0.3 is 0 Å². The van der Waals surface area contributed by atoms with Gasteiger partial charge in [-0.3, -0.25) is 19.1 Å². The number of amides is 1. The zero-order valence-corrected chi connectivity index (χ0v) is 14.3. The maximum absolute atomic E-state index is 12.3. The Kier molecular flexibility index (Phi) is 5.38. The van der Waals surface area contributed by atoms with Crippen molar-refractivity contribution in [2.24, 2.45) is 0 Å². The van der Waals surface area contributed by atoms with Gasteiger partial charge in [0.05, 0.1) is 31.4 Å². The van der Waals surface area contributed by atoms with Crippen molar-refractivity contribution in [1.82, 2.24) is 19.9 Å². The summed E-state index contributed by atoms with van der Waals surface area (Å²) in [6.45, 7) is 0.200. The van der Waals surface area contributed by atoms with Gasteiger partial charge in [0, 0.05) is 17.8 Å². The molecule has 0 unspecified atom stereocenters. The average molecular weight is 350 g/mol. The lowest BCUT2D eigenvalue weighted by molar-refractivity contribution is -0.121. The lowest BCUT2D eigenvalue weighted by Crippen LogP contribution is -2.32. The van der Waals surface area contributed by atoms with Crippen LogP contribution in [0.5, 0.6) is 5.75 Å². The van der Waals surface area contributed by atoms with E-state index >= 15 is 0 Å². The molecule has 0 radical (unpaired) electrons. The molecule has 0 fully saturated rings. The van der Waals surface area contributed by atoms with E-state index in [-0.39, 0.29) is 18.0 Å². The highest BCUT2D eigenvalue weighted by Gasteiger charge is 2.10. The number of hydrogen-bond acceptors (Lipinski definition) is 5. The third kappa shape index (κ3) is 4.13. The van der Waals surface area contributed by atoms with Crippen LogP contribution < -0.4 is 15.6 Å².